The third kappa shape index (κ3) is 2.37. The molecule has 4 heterocycles. The molecule has 2 fully saturated rings. The molecular weight excluding hydrogens is 330 g/mol. The first kappa shape index (κ1) is 15.8. The summed E-state index contributed by atoms with van der Waals surface area (Å²) < 4.78 is 1.27. The molecule has 0 radical (unpaired) electrons. The zero-order valence-electron chi connectivity index (χ0n) is 15.4. The lowest BCUT2D eigenvalue weighted by Crippen LogP contribution is -2.27. The molecule has 0 unspecified atom stereocenters. The van der Waals surface area contributed by atoms with E-state index in [9.17, 15) is 0 Å². The topological polar surface area (TPSA) is 58.3 Å². The second-order valence-electron chi connectivity index (χ2n) is 8.88. The minimum atomic E-state index is 0.245. The zero-order chi connectivity index (χ0) is 17.3. The summed E-state index contributed by atoms with van der Waals surface area (Å²) in [5, 5.41) is 0. The lowest BCUT2D eigenvalue weighted by atomic mass is 9.78. The van der Waals surface area contributed by atoms with Gasteiger partial charge in [-0.2, -0.15) is 4.98 Å². The fourth-order valence-electron chi connectivity index (χ4n) is 5.24. The Morgan fingerprint density at radius 3 is 2.56 bits per heavy atom. The number of likely N-dealkylation sites (tertiary alicyclic amines) is 1. The molecule has 2 atom stereocenters. The molecule has 5 nitrogen and oxygen atoms in total. The van der Waals surface area contributed by atoms with E-state index >= 15 is 0 Å². The van der Waals surface area contributed by atoms with Crippen molar-refractivity contribution in [2.45, 2.75) is 38.5 Å². The maximum Gasteiger partial charge on any atom is 0.222 e. The number of aromatic nitrogens is 2. The summed E-state index contributed by atoms with van der Waals surface area (Å²) in [6.45, 7) is 9.36. The number of hydrogen-bond acceptors (Lipinski definition) is 6. The largest absolute Gasteiger partial charge is 0.368 e. The van der Waals surface area contributed by atoms with Gasteiger partial charge in [-0.3, -0.25) is 0 Å². The third-order valence-electron chi connectivity index (χ3n) is 6.44. The van der Waals surface area contributed by atoms with Crippen molar-refractivity contribution in [2.24, 2.45) is 11.8 Å². The number of fused-ring (bicyclic) bond motifs is 4. The van der Waals surface area contributed by atoms with E-state index in [1.807, 2.05) is 11.3 Å². The number of hydrogen-bond donors (Lipinski definition) is 1. The smallest absolute Gasteiger partial charge is 0.222 e. The molecule has 0 amide bonds. The third-order valence-corrected chi connectivity index (χ3v) is 8.02. The van der Waals surface area contributed by atoms with Crippen LogP contribution < -0.4 is 10.6 Å². The van der Waals surface area contributed by atoms with Gasteiger partial charge in [0.1, 0.15) is 0 Å². The molecule has 0 saturated carbocycles. The zero-order valence-corrected chi connectivity index (χ0v) is 16.2. The van der Waals surface area contributed by atoms with E-state index in [4.69, 9.17) is 10.7 Å². The molecule has 6 heteroatoms. The van der Waals surface area contributed by atoms with Crippen LogP contribution in [-0.2, 0) is 11.8 Å². The number of rotatable bonds is 1. The van der Waals surface area contributed by atoms with Crippen LogP contribution in [-0.4, -0.2) is 48.1 Å². The van der Waals surface area contributed by atoms with Gasteiger partial charge in [0, 0.05) is 31.1 Å². The number of nitrogen functional groups attached to an aromatic ring is 1. The second-order valence-corrected chi connectivity index (χ2v) is 9.90. The number of thiophene rings is 1. The molecule has 5 rings (SSSR count). The van der Waals surface area contributed by atoms with Crippen LogP contribution in [0.3, 0.4) is 0 Å². The highest BCUT2D eigenvalue weighted by molar-refractivity contribution is 7.20. The molecule has 25 heavy (non-hydrogen) atoms. The van der Waals surface area contributed by atoms with Crippen molar-refractivity contribution in [3.8, 4) is 0 Å². The summed E-state index contributed by atoms with van der Waals surface area (Å²) in [6, 6.07) is 0. The predicted molar refractivity (Wildman–Crippen MR) is 104 cm³/mol. The Hall–Kier alpha value is -1.40. The Morgan fingerprint density at radius 1 is 1.12 bits per heavy atom. The van der Waals surface area contributed by atoms with Crippen LogP contribution in [0, 0.1) is 11.8 Å². The van der Waals surface area contributed by atoms with Crippen molar-refractivity contribution in [2.75, 3.05) is 43.9 Å². The van der Waals surface area contributed by atoms with E-state index in [1.165, 1.54) is 41.1 Å². The molecule has 3 aliphatic rings. The number of nitrogens with two attached hydrogens (primary N) is 1. The lowest BCUT2D eigenvalue weighted by Gasteiger charge is -2.29. The monoisotopic (exact) mass is 357 g/mol. The molecular formula is C19H27N5S. The van der Waals surface area contributed by atoms with Crippen LogP contribution in [0.5, 0.6) is 0 Å². The van der Waals surface area contributed by atoms with Crippen molar-refractivity contribution >= 4 is 33.3 Å². The van der Waals surface area contributed by atoms with Crippen LogP contribution in [0.1, 0.15) is 37.1 Å². The number of nitrogens with zero attached hydrogens (tertiary/aromatic N) is 4. The highest BCUT2D eigenvalue weighted by Crippen LogP contribution is 2.47. The maximum atomic E-state index is 6.14. The fraction of sp³-hybridized carbons (Fsp3) is 0.684. The summed E-state index contributed by atoms with van der Waals surface area (Å²) in [5.41, 5.74) is 8.95. The van der Waals surface area contributed by atoms with Gasteiger partial charge in [0.15, 0.2) is 5.82 Å². The highest BCUT2D eigenvalue weighted by atomic mass is 32.1. The van der Waals surface area contributed by atoms with Gasteiger partial charge in [-0.15, -0.1) is 11.3 Å². The van der Waals surface area contributed by atoms with Crippen LogP contribution in [0.4, 0.5) is 11.8 Å². The van der Waals surface area contributed by atoms with E-state index in [2.05, 4.69) is 35.7 Å². The average molecular weight is 358 g/mol. The molecule has 2 N–H and O–H groups in total. The molecule has 134 valence electrons. The maximum absolute atomic E-state index is 6.14. The second kappa shape index (κ2) is 5.30. The van der Waals surface area contributed by atoms with Crippen LogP contribution in [0.25, 0.3) is 10.2 Å². The quantitative estimate of drug-likeness (QED) is 0.850. The summed E-state index contributed by atoms with van der Waals surface area (Å²) in [4.78, 5) is 15.8. The average Bonchev–Trinajstić information content (AvgIpc) is 3.18. The SMILES string of the molecule is CN1C[C@@H]2CN(c3nc(N)nc4c5c(sc34)C(C)(C)CCC5)C[C@H]2C1. The molecule has 0 bridgehead atoms. The van der Waals surface area contributed by atoms with E-state index in [1.54, 1.807) is 0 Å². The van der Waals surface area contributed by atoms with E-state index in [-0.39, 0.29) is 5.41 Å². The predicted octanol–water partition coefficient (Wildman–Crippen LogP) is 2.89. The Morgan fingerprint density at radius 2 is 1.84 bits per heavy atom. The van der Waals surface area contributed by atoms with Gasteiger partial charge in [-0.1, -0.05) is 13.8 Å². The van der Waals surface area contributed by atoms with Crippen molar-refractivity contribution in [3.63, 3.8) is 0 Å². The summed E-state index contributed by atoms with van der Waals surface area (Å²) >= 11 is 1.92. The molecule has 2 aromatic heterocycles. The number of aryl methyl sites for hydroxylation is 1. The molecule has 2 aliphatic heterocycles. The van der Waals surface area contributed by atoms with Gasteiger partial charge in [0.05, 0.1) is 10.2 Å². The Kier molecular flexibility index (Phi) is 3.36. The summed E-state index contributed by atoms with van der Waals surface area (Å²) in [5.74, 6) is 3.06. The molecule has 2 saturated heterocycles. The molecule has 0 aromatic carbocycles. The van der Waals surface area contributed by atoms with Gasteiger partial charge < -0.3 is 15.5 Å². The van der Waals surface area contributed by atoms with Crippen molar-refractivity contribution < 1.29 is 0 Å². The van der Waals surface area contributed by atoms with Crippen molar-refractivity contribution in [1.29, 1.82) is 0 Å². The van der Waals surface area contributed by atoms with Gasteiger partial charge in [-0.25, -0.2) is 4.98 Å². The fourth-order valence-corrected chi connectivity index (χ4v) is 6.68. The first-order valence-electron chi connectivity index (χ1n) is 9.45. The van der Waals surface area contributed by atoms with Crippen molar-refractivity contribution in [3.05, 3.63) is 10.4 Å². The minimum Gasteiger partial charge on any atom is -0.368 e. The van der Waals surface area contributed by atoms with E-state index in [0.29, 0.717) is 5.95 Å². The Labute approximate surface area is 153 Å². The first-order valence-corrected chi connectivity index (χ1v) is 10.3. The van der Waals surface area contributed by atoms with Crippen molar-refractivity contribution in [1.82, 2.24) is 14.9 Å². The number of anilines is 2. The molecule has 2 aromatic rings. The standard InChI is InChI=1S/C19H27N5S/c1-19(2)6-4-5-13-14-15(25-16(13)19)17(22-18(20)21-14)24-9-11-7-23(3)8-12(11)10-24/h11-12H,4-10H2,1-3H3,(H2,20,21,22)/t11-,12-/m1/s1. The van der Waals surface area contributed by atoms with Gasteiger partial charge in [0.25, 0.3) is 0 Å². The normalized spacial score (nSPS) is 28.5. The lowest BCUT2D eigenvalue weighted by molar-refractivity contribution is 0.387. The first-order chi connectivity index (χ1) is 11.9. The van der Waals surface area contributed by atoms with Crippen LogP contribution >= 0.6 is 11.3 Å². The van der Waals surface area contributed by atoms with Gasteiger partial charge in [0.2, 0.25) is 5.95 Å². The van der Waals surface area contributed by atoms with Crippen LogP contribution in [0.2, 0.25) is 0 Å². The highest BCUT2D eigenvalue weighted by Gasteiger charge is 2.40. The minimum absolute atomic E-state index is 0.245. The Balaban J connectivity index is 1.61. The van der Waals surface area contributed by atoms with Gasteiger partial charge >= 0.3 is 0 Å². The molecule has 1 aliphatic carbocycles. The Bertz CT molecular complexity index is 828. The van der Waals surface area contributed by atoms with Crippen LogP contribution in [0.15, 0.2) is 0 Å². The summed E-state index contributed by atoms with van der Waals surface area (Å²) in [7, 11) is 2.24. The van der Waals surface area contributed by atoms with Gasteiger partial charge in [-0.05, 0) is 49.1 Å². The molecule has 0 spiro atoms. The van der Waals surface area contributed by atoms with E-state index in [0.717, 1.165) is 42.7 Å². The summed E-state index contributed by atoms with van der Waals surface area (Å²) in [6.07, 6.45) is 3.63. The van der Waals surface area contributed by atoms with E-state index < -0.39 is 0 Å².